The van der Waals surface area contributed by atoms with Crippen molar-refractivity contribution in [2.75, 3.05) is 11.9 Å². The number of carbonyl (C=O) groups is 1. The van der Waals surface area contributed by atoms with Crippen molar-refractivity contribution in [1.82, 2.24) is 15.0 Å². The summed E-state index contributed by atoms with van der Waals surface area (Å²) < 4.78 is 5.46. The minimum absolute atomic E-state index is 0.0679. The zero-order valence-electron chi connectivity index (χ0n) is 14.6. The number of aryl methyl sites for hydroxylation is 1. The number of urea groups is 1. The minimum Gasteiger partial charge on any atom is -0.354 e. The van der Waals surface area contributed by atoms with Gasteiger partial charge < -0.3 is 14.7 Å². The van der Waals surface area contributed by atoms with E-state index in [9.17, 15) is 4.79 Å². The van der Waals surface area contributed by atoms with Gasteiger partial charge in [-0.25, -0.2) is 4.79 Å². The molecule has 1 aliphatic heterocycles. The van der Waals surface area contributed by atoms with Crippen molar-refractivity contribution in [1.29, 1.82) is 0 Å². The lowest BCUT2D eigenvalue weighted by atomic mass is 10.1. The molecule has 0 radical (unpaired) electrons. The summed E-state index contributed by atoms with van der Waals surface area (Å²) in [4.78, 5) is 18.9. The molecule has 2 amide bonds. The Morgan fingerprint density at radius 3 is 2.73 bits per heavy atom. The summed E-state index contributed by atoms with van der Waals surface area (Å²) in [6.07, 6.45) is 5.46. The number of amides is 2. The summed E-state index contributed by atoms with van der Waals surface area (Å²) in [5.41, 5.74) is 3.28. The van der Waals surface area contributed by atoms with Gasteiger partial charge in [-0.15, -0.1) is 0 Å². The molecule has 1 aliphatic rings. The molecule has 6 heteroatoms. The predicted octanol–water partition coefficient (Wildman–Crippen LogP) is 4.41. The van der Waals surface area contributed by atoms with Crippen molar-refractivity contribution in [2.45, 2.75) is 25.8 Å². The van der Waals surface area contributed by atoms with E-state index in [1.165, 1.54) is 0 Å². The molecule has 0 aliphatic carbocycles. The zero-order chi connectivity index (χ0) is 17.9. The Labute approximate surface area is 151 Å². The van der Waals surface area contributed by atoms with Crippen LogP contribution in [0.3, 0.4) is 0 Å². The van der Waals surface area contributed by atoms with Gasteiger partial charge in [0.1, 0.15) is 11.4 Å². The predicted molar refractivity (Wildman–Crippen MR) is 98.6 cm³/mol. The summed E-state index contributed by atoms with van der Waals surface area (Å²) in [6, 6.07) is 13.5. The smallest absolute Gasteiger partial charge is 0.322 e. The molecule has 0 spiro atoms. The normalized spacial score (nSPS) is 16.7. The summed E-state index contributed by atoms with van der Waals surface area (Å²) in [5.74, 6) is 0.580. The fourth-order valence-electron chi connectivity index (χ4n) is 3.42. The molecule has 3 heterocycles. The molecular formula is C20H20N4O2. The van der Waals surface area contributed by atoms with E-state index in [4.69, 9.17) is 4.52 Å². The van der Waals surface area contributed by atoms with Crippen molar-refractivity contribution in [2.24, 2.45) is 0 Å². The van der Waals surface area contributed by atoms with Gasteiger partial charge in [0.2, 0.25) is 0 Å². The maximum Gasteiger partial charge on any atom is 0.322 e. The second-order valence-electron chi connectivity index (χ2n) is 6.40. The second kappa shape index (κ2) is 7.00. The molecule has 1 N–H and O–H groups in total. The Bertz CT molecular complexity index is 893. The minimum atomic E-state index is -0.132. The van der Waals surface area contributed by atoms with E-state index in [1.807, 2.05) is 54.3 Å². The van der Waals surface area contributed by atoms with Crippen LogP contribution in [0.15, 0.2) is 59.4 Å². The van der Waals surface area contributed by atoms with Gasteiger partial charge in [0.05, 0.1) is 6.04 Å². The average molecular weight is 348 g/mol. The molecular weight excluding hydrogens is 328 g/mol. The van der Waals surface area contributed by atoms with Crippen molar-refractivity contribution in [3.63, 3.8) is 0 Å². The molecule has 26 heavy (non-hydrogen) atoms. The van der Waals surface area contributed by atoms with E-state index < -0.39 is 0 Å². The highest BCUT2D eigenvalue weighted by Gasteiger charge is 2.31. The molecule has 1 atom stereocenters. The average Bonchev–Trinajstić information content (AvgIpc) is 3.31. The highest BCUT2D eigenvalue weighted by Crippen LogP contribution is 2.34. The molecule has 2 aromatic heterocycles. The number of nitrogens with one attached hydrogen (secondary N) is 1. The van der Waals surface area contributed by atoms with Crippen LogP contribution < -0.4 is 5.32 Å². The largest absolute Gasteiger partial charge is 0.354 e. The first kappa shape index (κ1) is 16.3. The Hall–Kier alpha value is -3.15. The molecule has 4 rings (SSSR count). The number of nitrogens with zero attached hydrogens (tertiary/aromatic N) is 3. The molecule has 132 valence electrons. The van der Waals surface area contributed by atoms with Gasteiger partial charge in [0.15, 0.2) is 5.76 Å². The fourth-order valence-corrected chi connectivity index (χ4v) is 3.42. The van der Waals surface area contributed by atoms with E-state index in [-0.39, 0.29) is 12.1 Å². The van der Waals surface area contributed by atoms with Crippen LogP contribution in [0.5, 0.6) is 0 Å². The zero-order valence-corrected chi connectivity index (χ0v) is 14.6. The molecule has 0 unspecified atom stereocenters. The monoisotopic (exact) mass is 348 g/mol. The number of benzene rings is 1. The van der Waals surface area contributed by atoms with Crippen molar-refractivity contribution in [3.8, 4) is 11.3 Å². The standard InChI is InChI=1S/C20H20N4O2/c1-14-18(19(26-23-14)16-6-3-2-4-7-16)22-20(25)24-13-5-8-17(24)15-9-11-21-12-10-15/h2-4,6-7,9-12,17H,5,8,13H2,1H3,(H,22,25)/t17-/m1/s1. The van der Waals surface area contributed by atoms with E-state index in [0.717, 1.165) is 30.5 Å². The van der Waals surface area contributed by atoms with Crippen molar-refractivity contribution >= 4 is 11.7 Å². The van der Waals surface area contributed by atoms with E-state index in [2.05, 4.69) is 15.5 Å². The number of hydrogen-bond donors (Lipinski definition) is 1. The first-order valence-electron chi connectivity index (χ1n) is 8.73. The third-order valence-corrected chi connectivity index (χ3v) is 4.74. The number of carbonyl (C=O) groups excluding carboxylic acids is 1. The van der Waals surface area contributed by atoms with Gasteiger partial charge in [-0.2, -0.15) is 0 Å². The van der Waals surface area contributed by atoms with Crippen LogP contribution in [0.25, 0.3) is 11.3 Å². The van der Waals surface area contributed by atoms with Crippen LogP contribution >= 0.6 is 0 Å². The Kier molecular flexibility index (Phi) is 4.39. The van der Waals surface area contributed by atoms with Crippen LogP contribution in [0.2, 0.25) is 0 Å². The molecule has 1 saturated heterocycles. The molecule has 1 fully saturated rings. The molecule has 0 bridgehead atoms. The molecule has 1 aromatic carbocycles. The summed E-state index contributed by atoms with van der Waals surface area (Å²) in [5, 5.41) is 7.05. The number of rotatable bonds is 3. The maximum atomic E-state index is 13.0. The molecule has 6 nitrogen and oxygen atoms in total. The summed E-state index contributed by atoms with van der Waals surface area (Å²) in [7, 11) is 0. The third-order valence-electron chi connectivity index (χ3n) is 4.74. The quantitative estimate of drug-likeness (QED) is 0.761. The third kappa shape index (κ3) is 3.06. The number of pyridine rings is 1. The topological polar surface area (TPSA) is 71.3 Å². The highest BCUT2D eigenvalue weighted by atomic mass is 16.5. The van der Waals surface area contributed by atoms with E-state index in [0.29, 0.717) is 17.1 Å². The Balaban J connectivity index is 1.58. The van der Waals surface area contributed by atoms with Gasteiger partial charge in [-0.05, 0) is 37.5 Å². The lowest BCUT2D eigenvalue weighted by molar-refractivity contribution is 0.207. The lowest BCUT2D eigenvalue weighted by Gasteiger charge is -2.25. The van der Waals surface area contributed by atoms with Gasteiger partial charge in [0, 0.05) is 24.5 Å². The van der Waals surface area contributed by atoms with E-state index in [1.54, 1.807) is 12.4 Å². The van der Waals surface area contributed by atoms with Crippen molar-refractivity contribution < 1.29 is 9.32 Å². The molecule has 3 aromatic rings. The first-order valence-corrected chi connectivity index (χ1v) is 8.73. The lowest BCUT2D eigenvalue weighted by Crippen LogP contribution is -2.34. The van der Waals surface area contributed by atoms with Crippen LogP contribution in [-0.2, 0) is 0 Å². The van der Waals surface area contributed by atoms with Crippen LogP contribution in [-0.4, -0.2) is 27.6 Å². The summed E-state index contributed by atoms with van der Waals surface area (Å²) >= 11 is 0. The van der Waals surface area contributed by atoms with Gasteiger partial charge in [0.25, 0.3) is 0 Å². The second-order valence-corrected chi connectivity index (χ2v) is 6.40. The Morgan fingerprint density at radius 1 is 1.19 bits per heavy atom. The molecule has 0 saturated carbocycles. The summed E-state index contributed by atoms with van der Waals surface area (Å²) in [6.45, 7) is 2.56. The number of anilines is 1. The number of aromatic nitrogens is 2. The van der Waals surface area contributed by atoms with Gasteiger partial charge in [-0.3, -0.25) is 4.98 Å². The maximum absolute atomic E-state index is 13.0. The van der Waals surface area contributed by atoms with Gasteiger partial charge in [-0.1, -0.05) is 35.5 Å². The number of likely N-dealkylation sites (tertiary alicyclic amines) is 1. The Morgan fingerprint density at radius 2 is 1.96 bits per heavy atom. The highest BCUT2D eigenvalue weighted by molar-refractivity contribution is 5.94. The number of hydrogen-bond acceptors (Lipinski definition) is 4. The van der Waals surface area contributed by atoms with Crippen LogP contribution in [0.1, 0.15) is 30.1 Å². The van der Waals surface area contributed by atoms with Crippen LogP contribution in [0.4, 0.5) is 10.5 Å². The van der Waals surface area contributed by atoms with Crippen molar-refractivity contribution in [3.05, 3.63) is 66.1 Å². The fraction of sp³-hybridized carbons (Fsp3) is 0.250. The first-order chi connectivity index (χ1) is 12.7. The van der Waals surface area contributed by atoms with Gasteiger partial charge >= 0.3 is 6.03 Å². The van der Waals surface area contributed by atoms with Crippen LogP contribution in [0, 0.1) is 6.92 Å². The SMILES string of the molecule is Cc1noc(-c2ccccc2)c1NC(=O)N1CCC[C@@H]1c1ccncc1. The van der Waals surface area contributed by atoms with E-state index >= 15 is 0 Å².